The van der Waals surface area contributed by atoms with Crippen LogP contribution < -0.4 is 10.9 Å². The van der Waals surface area contributed by atoms with Crippen LogP contribution in [0.1, 0.15) is 33.6 Å². The van der Waals surface area contributed by atoms with E-state index in [2.05, 4.69) is 22.8 Å². The second kappa shape index (κ2) is 5.50. The highest BCUT2D eigenvalue weighted by molar-refractivity contribution is 5.67. The number of hydrazine groups is 1. The molecule has 1 rings (SSSR count). The van der Waals surface area contributed by atoms with Gasteiger partial charge in [-0.3, -0.25) is 5.43 Å². The van der Waals surface area contributed by atoms with Crippen molar-refractivity contribution in [3.05, 3.63) is 0 Å². The minimum absolute atomic E-state index is 0.311. The Morgan fingerprint density at radius 2 is 2.12 bits per heavy atom. The Labute approximate surface area is 97.5 Å². The summed E-state index contributed by atoms with van der Waals surface area (Å²) in [7, 11) is 2.08. The van der Waals surface area contributed by atoms with E-state index in [9.17, 15) is 4.79 Å². The van der Waals surface area contributed by atoms with Gasteiger partial charge in [-0.05, 0) is 47.2 Å². The lowest BCUT2D eigenvalue weighted by atomic mass is 10.1. The number of rotatable bonds is 2. The van der Waals surface area contributed by atoms with Crippen LogP contribution in [-0.4, -0.2) is 42.8 Å². The van der Waals surface area contributed by atoms with E-state index in [-0.39, 0.29) is 0 Å². The Balaban J connectivity index is 2.21. The third-order valence-electron chi connectivity index (χ3n) is 2.40. The lowest BCUT2D eigenvalue weighted by Gasteiger charge is -2.30. The van der Waals surface area contributed by atoms with Crippen LogP contribution in [0.4, 0.5) is 4.79 Å². The van der Waals surface area contributed by atoms with E-state index in [1.807, 2.05) is 20.8 Å². The maximum atomic E-state index is 11.4. The SMILES string of the molecule is CN1CCCC(NNC(=O)OC(C)(C)C)C1. The molecule has 1 aliphatic heterocycles. The molecule has 1 fully saturated rings. The van der Waals surface area contributed by atoms with Crippen molar-refractivity contribution >= 4 is 6.09 Å². The molecule has 1 saturated heterocycles. The van der Waals surface area contributed by atoms with Crippen molar-refractivity contribution in [1.29, 1.82) is 0 Å². The van der Waals surface area contributed by atoms with Crippen molar-refractivity contribution in [2.75, 3.05) is 20.1 Å². The molecule has 0 aromatic carbocycles. The molecule has 1 heterocycles. The highest BCUT2D eigenvalue weighted by Gasteiger charge is 2.19. The monoisotopic (exact) mass is 229 g/mol. The van der Waals surface area contributed by atoms with Gasteiger partial charge in [0.2, 0.25) is 0 Å². The van der Waals surface area contributed by atoms with Gasteiger partial charge in [0, 0.05) is 12.6 Å². The van der Waals surface area contributed by atoms with E-state index in [0.29, 0.717) is 6.04 Å². The smallest absolute Gasteiger partial charge is 0.422 e. The Morgan fingerprint density at radius 1 is 1.44 bits per heavy atom. The van der Waals surface area contributed by atoms with Crippen LogP contribution in [0.2, 0.25) is 0 Å². The van der Waals surface area contributed by atoms with Crippen LogP contribution in [0, 0.1) is 0 Å². The molecule has 0 spiro atoms. The topological polar surface area (TPSA) is 53.6 Å². The third-order valence-corrected chi connectivity index (χ3v) is 2.40. The Morgan fingerprint density at radius 3 is 2.69 bits per heavy atom. The molecule has 0 aliphatic carbocycles. The number of carbonyl (C=O) groups is 1. The van der Waals surface area contributed by atoms with Gasteiger partial charge in [0.15, 0.2) is 0 Å². The van der Waals surface area contributed by atoms with Crippen molar-refractivity contribution in [2.45, 2.75) is 45.3 Å². The van der Waals surface area contributed by atoms with Crippen LogP contribution in [0.15, 0.2) is 0 Å². The fourth-order valence-electron chi connectivity index (χ4n) is 1.75. The lowest BCUT2D eigenvalue weighted by molar-refractivity contribution is 0.0475. The molecule has 16 heavy (non-hydrogen) atoms. The summed E-state index contributed by atoms with van der Waals surface area (Å²) < 4.78 is 5.13. The van der Waals surface area contributed by atoms with E-state index in [1.54, 1.807) is 0 Å². The standard InChI is InChI=1S/C11H23N3O2/c1-11(2,3)16-10(15)13-12-9-6-5-7-14(4)8-9/h9,12H,5-8H2,1-4H3,(H,13,15). The number of likely N-dealkylation sites (tertiary alicyclic amines) is 1. The van der Waals surface area contributed by atoms with Gasteiger partial charge in [0.05, 0.1) is 0 Å². The van der Waals surface area contributed by atoms with Gasteiger partial charge in [0.25, 0.3) is 0 Å². The van der Waals surface area contributed by atoms with Gasteiger partial charge < -0.3 is 9.64 Å². The number of nitrogens with zero attached hydrogens (tertiary/aromatic N) is 1. The Kier molecular flexibility index (Phi) is 4.56. The average Bonchev–Trinajstić information content (AvgIpc) is 2.12. The molecule has 94 valence electrons. The van der Waals surface area contributed by atoms with Crippen molar-refractivity contribution in [3.8, 4) is 0 Å². The quantitative estimate of drug-likeness (QED) is 0.696. The molecular weight excluding hydrogens is 206 g/mol. The van der Waals surface area contributed by atoms with Crippen molar-refractivity contribution < 1.29 is 9.53 Å². The first-order valence-electron chi connectivity index (χ1n) is 5.80. The molecule has 2 N–H and O–H groups in total. The van der Waals surface area contributed by atoms with Gasteiger partial charge in [-0.25, -0.2) is 10.2 Å². The summed E-state index contributed by atoms with van der Waals surface area (Å²) in [6.07, 6.45) is 1.82. The van der Waals surface area contributed by atoms with E-state index in [4.69, 9.17) is 4.74 Å². The molecule has 0 radical (unpaired) electrons. The maximum absolute atomic E-state index is 11.4. The summed E-state index contributed by atoms with van der Waals surface area (Å²) in [6.45, 7) is 7.63. The summed E-state index contributed by atoms with van der Waals surface area (Å²) in [5.41, 5.74) is 5.15. The number of amides is 1. The van der Waals surface area contributed by atoms with Crippen LogP contribution in [0.25, 0.3) is 0 Å². The van der Waals surface area contributed by atoms with E-state index < -0.39 is 11.7 Å². The van der Waals surface area contributed by atoms with E-state index >= 15 is 0 Å². The molecule has 5 nitrogen and oxygen atoms in total. The molecule has 1 amide bonds. The fraction of sp³-hybridized carbons (Fsp3) is 0.909. The van der Waals surface area contributed by atoms with Crippen LogP contribution in [0.3, 0.4) is 0 Å². The Hall–Kier alpha value is -0.810. The molecule has 5 heteroatoms. The third kappa shape index (κ3) is 5.32. The van der Waals surface area contributed by atoms with Crippen molar-refractivity contribution in [2.24, 2.45) is 0 Å². The molecule has 0 bridgehead atoms. The first kappa shape index (κ1) is 13.3. The van der Waals surface area contributed by atoms with Crippen LogP contribution in [-0.2, 0) is 4.74 Å². The fourth-order valence-corrected chi connectivity index (χ4v) is 1.75. The van der Waals surface area contributed by atoms with Crippen LogP contribution >= 0.6 is 0 Å². The van der Waals surface area contributed by atoms with Gasteiger partial charge in [-0.15, -0.1) is 0 Å². The average molecular weight is 229 g/mol. The zero-order valence-corrected chi connectivity index (χ0v) is 10.7. The maximum Gasteiger partial charge on any atom is 0.422 e. The molecular formula is C11H23N3O2. The minimum atomic E-state index is -0.449. The molecule has 0 aromatic heterocycles. The first-order chi connectivity index (χ1) is 7.37. The largest absolute Gasteiger partial charge is 0.443 e. The summed E-state index contributed by atoms with van der Waals surface area (Å²) >= 11 is 0. The zero-order chi connectivity index (χ0) is 12.2. The summed E-state index contributed by atoms with van der Waals surface area (Å²) in [5, 5.41) is 0. The van der Waals surface area contributed by atoms with Gasteiger partial charge in [0.1, 0.15) is 5.60 Å². The number of nitrogens with one attached hydrogen (secondary N) is 2. The second-order valence-corrected chi connectivity index (χ2v) is 5.37. The number of carbonyl (C=O) groups excluding carboxylic acids is 1. The Bertz CT molecular complexity index is 238. The molecule has 1 unspecified atom stereocenters. The van der Waals surface area contributed by atoms with Gasteiger partial charge >= 0.3 is 6.09 Å². The van der Waals surface area contributed by atoms with Gasteiger partial charge in [-0.2, -0.15) is 0 Å². The number of piperidine rings is 1. The number of hydrogen-bond donors (Lipinski definition) is 2. The first-order valence-corrected chi connectivity index (χ1v) is 5.80. The highest BCUT2D eigenvalue weighted by Crippen LogP contribution is 2.08. The molecule has 1 atom stereocenters. The number of likely N-dealkylation sites (N-methyl/N-ethyl adjacent to an activating group) is 1. The number of ether oxygens (including phenoxy) is 1. The normalized spacial score (nSPS) is 22.9. The summed E-state index contributed by atoms with van der Waals surface area (Å²) in [5.74, 6) is 0. The van der Waals surface area contributed by atoms with Crippen LogP contribution in [0.5, 0.6) is 0 Å². The van der Waals surface area contributed by atoms with Crippen molar-refractivity contribution in [1.82, 2.24) is 15.8 Å². The second-order valence-electron chi connectivity index (χ2n) is 5.37. The lowest BCUT2D eigenvalue weighted by Crippen LogP contribution is -2.52. The predicted molar refractivity (Wildman–Crippen MR) is 63.0 cm³/mol. The van der Waals surface area contributed by atoms with E-state index in [0.717, 1.165) is 25.9 Å². The van der Waals surface area contributed by atoms with Crippen molar-refractivity contribution in [3.63, 3.8) is 0 Å². The highest BCUT2D eigenvalue weighted by atomic mass is 16.6. The zero-order valence-electron chi connectivity index (χ0n) is 10.7. The predicted octanol–water partition coefficient (Wildman–Crippen LogP) is 1.11. The van der Waals surface area contributed by atoms with Gasteiger partial charge in [-0.1, -0.05) is 0 Å². The molecule has 1 aliphatic rings. The summed E-state index contributed by atoms with van der Waals surface area (Å²) in [4.78, 5) is 13.6. The molecule has 0 saturated carbocycles. The van der Waals surface area contributed by atoms with E-state index in [1.165, 1.54) is 0 Å². The minimum Gasteiger partial charge on any atom is -0.443 e. The number of hydrogen-bond acceptors (Lipinski definition) is 4. The molecule has 0 aromatic rings. The summed E-state index contributed by atoms with van der Waals surface area (Å²) in [6, 6.07) is 0.311.